The summed E-state index contributed by atoms with van der Waals surface area (Å²) in [6.07, 6.45) is 1.43. The van der Waals surface area contributed by atoms with Crippen LogP contribution in [-0.2, 0) is 4.79 Å². The van der Waals surface area contributed by atoms with Crippen LogP contribution in [0.4, 0.5) is 5.69 Å². The molecule has 1 saturated heterocycles. The molecular formula is C17H18BrN3O3S2. The summed E-state index contributed by atoms with van der Waals surface area (Å²) < 4.78 is 1.72. The molecule has 1 amide bonds. The first-order valence-electron chi connectivity index (χ1n) is 8.14. The first-order chi connectivity index (χ1) is 12.5. The lowest BCUT2D eigenvalue weighted by molar-refractivity contribution is -0.128. The van der Waals surface area contributed by atoms with Gasteiger partial charge in [0.25, 0.3) is 0 Å². The summed E-state index contributed by atoms with van der Waals surface area (Å²) in [6.45, 7) is 1.34. The Hall–Kier alpha value is -1.58. The first-order valence-corrected chi connectivity index (χ1v) is 10.8. The maximum absolute atomic E-state index is 12.2. The van der Waals surface area contributed by atoms with Crippen LogP contribution in [-0.4, -0.2) is 51.8 Å². The van der Waals surface area contributed by atoms with Gasteiger partial charge in [0, 0.05) is 46.8 Å². The number of thioether (sulfide) groups is 1. The van der Waals surface area contributed by atoms with Crippen LogP contribution in [0.15, 0.2) is 38.5 Å². The zero-order chi connectivity index (χ0) is 18.5. The number of para-hydroxylation sites is 1. The van der Waals surface area contributed by atoms with Gasteiger partial charge in [0.2, 0.25) is 5.91 Å². The van der Waals surface area contributed by atoms with Crippen LogP contribution >= 0.6 is 39.0 Å². The second-order valence-electron chi connectivity index (χ2n) is 5.79. The van der Waals surface area contributed by atoms with E-state index in [1.165, 1.54) is 28.5 Å². The molecule has 0 aliphatic carbocycles. The first kappa shape index (κ1) is 19.2. The number of carboxylic acids is 1. The van der Waals surface area contributed by atoms with E-state index in [1.54, 1.807) is 0 Å². The van der Waals surface area contributed by atoms with Crippen LogP contribution in [0.25, 0.3) is 0 Å². The minimum absolute atomic E-state index is 0.0743. The number of nitrogens with zero attached hydrogens (tertiary/aromatic N) is 2. The molecule has 3 rings (SSSR count). The van der Waals surface area contributed by atoms with Crippen molar-refractivity contribution in [3.05, 3.63) is 39.8 Å². The van der Waals surface area contributed by atoms with Crippen LogP contribution in [0, 0.1) is 0 Å². The number of anilines is 1. The molecule has 0 saturated carbocycles. The molecule has 0 radical (unpaired) electrons. The number of carboxylic acid groups (broad SMARTS) is 1. The average molecular weight is 456 g/mol. The number of hydrogen-bond acceptors (Lipinski definition) is 6. The van der Waals surface area contributed by atoms with E-state index < -0.39 is 5.97 Å². The van der Waals surface area contributed by atoms with E-state index in [4.69, 9.17) is 5.11 Å². The van der Waals surface area contributed by atoms with Crippen molar-refractivity contribution in [2.75, 3.05) is 24.2 Å². The summed E-state index contributed by atoms with van der Waals surface area (Å²) >= 11 is 6.33. The van der Waals surface area contributed by atoms with Crippen LogP contribution in [0.3, 0.4) is 0 Å². The minimum atomic E-state index is -1.01. The molecule has 1 aromatic carbocycles. The van der Waals surface area contributed by atoms with E-state index in [0.29, 0.717) is 25.3 Å². The third-order valence-electron chi connectivity index (χ3n) is 4.11. The van der Waals surface area contributed by atoms with Crippen LogP contribution < -0.4 is 5.32 Å². The molecule has 1 unspecified atom stereocenters. The van der Waals surface area contributed by atoms with Gasteiger partial charge in [0.1, 0.15) is 0 Å². The fourth-order valence-electron chi connectivity index (χ4n) is 2.80. The number of carbonyl (C=O) groups excluding carboxylic acids is 1. The Morgan fingerprint density at radius 3 is 3.00 bits per heavy atom. The zero-order valence-electron chi connectivity index (χ0n) is 13.9. The predicted octanol–water partition coefficient (Wildman–Crippen LogP) is 3.80. The van der Waals surface area contributed by atoms with Crippen molar-refractivity contribution in [2.24, 2.45) is 0 Å². The summed E-state index contributed by atoms with van der Waals surface area (Å²) in [5, 5.41) is 13.9. The van der Waals surface area contributed by atoms with Gasteiger partial charge in [0.15, 0.2) is 10.0 Å². The zero-order valence-corrected chi connectivity index (χ0v) is 17.1. The van der Waals surface area contributed by atoms with Crippen LogP contribution in [0.5, 0.6) is 0 Å². The minimum Gasteiger partial charge on any atom is -0.476 e. The summed E-state index contributed by atoms with van der Waals surface area (Å²) in [6, 6.07) is 8.09. The molecule has 138 valence electrons. The Morgan fingerprint density at radius 2 is 2.27 bits per heavy atom. The number of amides is 1. The lowest BCUT2D eigenvalue weighted by Gasteiger charge is -2.25. The standard InChI is InChI=1S/C17H18BrN3O3S2/c18-12-3-1-2-4-13(12)19-9-11-5-6-15(22)21(11)7-8-25-17-20-14(10-26-17)16(23)24/h1-4,10-11,19H,5-9H2,(H,23,24). The molecular weight excluding hydrogens is 438 g/mol. The second kappa shape index (κ2) is 8.88. The van der Waals surface area contributed by atoms with Crippen LogP contribution in [0.1, 0.15) is 23.3 Å². The van der Waals surface area contributed by atoms with Gasteiger partial charge >= 0.3 is 5.97 Å². The molecule has 6 nitrogen and oxygen atoms in total. The van der Waals surface area contributed by atoms with Crippen molar-refractivity contribution in [1.82, 2.24) is 9.88 Å². The average Bonchev–Trinajstić information content (AvgIpc) is 3.22. The van der Waals surface area contributed by atoms with E-state index in [1.807, 2.05) is 29.2 Å². The molecule has 1 aromatic heterocycles. The summed E-state index contributed by atoms with van der Waals surface area (Å²) in [5.41, 5.74) is 1.09. The maximum atomic E-state index is 12.2. The van der Waals surface area contributed by atoms with Gasteiger partial charge in [-0.05, 0) is 34.5 Å². The van der Waals surface area contributed by atoms with E-state index in [2.05, 4.69) is 26.2 Å². The molecule has 26 heavy (non-hydrogen) atoms. The number of halogens is 1. The van der Waals surface area contributed by atoms with Crippen molar-refractivity contribution >= 4 is 56.6 Å². The Morgan fingerprint density at radius 1 is 1.46 bits per heavy atom. The quantitative estimate of drug-likeness (QED) is 0.589. The highest BCUT2D eigenvalue weighted by atomic mass is 79.9. The largest absolute Gasteiger partial charge is 0.476 e. The number of aromatic carboxylic acids is 1. The smallest absolute Gasteiger partial charge is 0.355 e. The Balaban J connectivity index is 1.51. The van der Waals surface area contributed by atoms with E-state index >= 15 is 0 Å². The second-order valence-corrected chi connectivity index (χ2v) is 8.85. The van der Waals surface area contributed by atoms with Crippen molar-refractivity contribution < 1.29 is 14.7 Å². The van der Waals surface area contributed by atoms with Gasteiger partial charge in [-0.25, -0.2) is 9.78 Å². The predicted molar refractivity (Wildman–Crippen MR) is 107 cm³/mol. The van der Waals surface area contributed by atoms with Gasteiger partial charge in [-0.2, -0.15) is 0 Å². The molecule has 9 heteroatoms. The van der Waals surface area contributed by atoms with Gasteiger partial charge in [-0.15, -0.1) is 11.3 Å². The Labute approximate surface area is 168 Å². The number of nitrogens with one attached hydrogen (secondary N) is 1. The number of thiazole rings is 1. The van der Waals surface area contributed by atoms with E-state index in [0.717, 1.165) is 20.9 Å². The third kappa shape index (κ3) is 4.77. The lowest BCUT2D eigenvalue weighted by atomic mass is 10.2. The molecule has 1 aliphatic heterocycles. The van der Waals surface area contributed by atoms with Crippen molar-refractivity contribution in [3.8, 4) is 0 Å². The Bertz CT molecular complexity index is 799. The number of hydrogen-bond donors (Lipinski definition) is 2. The lowest BCUT2D eigenvalue weighted by Crippen LogP contribution is -2.39. The Kier molecular flexibility index (Phi) is 6.55. The number of aromatic nitrogens is 1. The topological polar surface area (TPSA) is 82.5 Å². The van der Waals surface area contributed by atoms with Gasteiger partial charge < -0.3 is 15.3 Å². The summed E-state index contributed by atoms with van der Waals surface area (Å²) in [4.78, 5) is 29.0. The molecule has 2 aromatic rings. The molecule has 2 heterocycles. The molecule has 1 fully saturated rings. The van der Waals surface area contributed by atoms with E-state index in [9.17, 15) is 9.59 Å². The number of rotatable bonds is 8. The normalized spacial score (nSPS) is 16.9. The molecule has 1 atom stereocenters. The highest BCUT2D eigenvalue weighted by Gasteiger charge is 2.30. The van der Waals surface area contributed by atoms with Crippen molar-refractivity contribution in [1.29, 1.82) is 0 Å². The SMILES string of the molecule is O=C(O)c1csc(SCCN2C(=O)CCC2CNc2ccccc2Br)n1. The fourth-order valence-corrected chi connectivity index (χ4v) is 5.03. The van der Waals surface area contributed by atoms with Crippen LogP contribution in [0.2, 0.25) is 0 Å². The molecule has 2 N–H and O–H groups in total. The summed E-state index contributed by atoms with van der Waals surface area (Å²) in [5.74, 6) is -0.139. The van der Waals surface area contributed by atoms with Gasteiger partial charge in [-0.3, -0.25) is 4.79 Å². The van der Waals surface area contributed by atoms with Gasteiger partial charge in [-0.1, -0.05) is 23.9 Å². The highest BCUT2D eigenvalue weighted by molar-refractivity contribution is 9.10. The van der Waals surface area contributed by atoms with E-state index in [-0.39, 0.29) is 17.6 Å². The maximum Gasteiger partial charge on any atom is 0.355 e. The summed E-state index contributed by atoms with van der Waals surface area (Å²) in [7, 11) is 0. The fraction of sp³-hybridized carbons (Fsp3) is 0.353. The molecule has 0 spiro atoms. The molecule has 1 aliphatic rings. The molecule has 0 bridgehead atoms. The third-order valence-corrected chi connectivity index (χ3v) is 6.81. The monoisotopic (exact) mass is 455 g/mol. The number of carbonyl (C=O) groups is 2. The van der Waals surface area contributed by atoms with Crippen molar-refractivity contribution in [3.63, 3.8) is 0 Å². The van der Waals surface area contributed by atoms with Gasteiger partial charge in [0.05, 0.1) is 0 Å². The highest BCUT2D eigenvalue weighted by Crippen LogP contribution is 2.26. The van der Waals surface area contributed by atoms with Crippen molar-refractivity contribution in [2.45, 2.75) is 23.2 Å². The number of likely N-dealkylation sites (tertiary alicyclic amines) is 1. The number of benzene rings is 1.